The summed E-state index contributed by atoms with van der Waals surface area (Å²) >= 11 is 0. The van der Waals surface area contributed by atoms with Gasteiger partial charge >= 0.3 is 5.97 Å². The Morgan fingerprint density at radius 2 is 2.00 bits per heavy atom. The molecule has 2 heterocycles. The topological polar surface area (TPSA) is 115 Å². The number of sulfonamides is 1. The highest BCUT2D eigenvalue weighted by atomic mass is 32.2. The molecule has 0 radical (unpaired) electrons. The van der Waals surface area contributed by atoms with Crippen molar-refractivity contribution in [3.05, 3.63) is 60.2 Å². The van der Waals surface area contributed by atoms with E-state index in [0.29, 0.717) is 30.2 Å². The number of para-hydroxylation sites is 1. The zero-order valence-corrected chi connectivity index (χ0v) is 17.5. The molecule has 10 heteroatoms. The van der Waals surface area contributed by atoms with Gasteiger partial charge in [0.05, 0.1) is 18.6 Å². The van der Waals surface area contributed by atoms with E-state index in [-0.39, 0.29) is 6.61 Å². The van der Waals surface area contributed by atoms with Crippen molar-refractivity contribution in [3.8, 4) is 11.4 Å². The molecule has 2 aromatic heterocycles. The van der Waals surface area contributed by atoms with Crippen molar-refractivity contribution in [3.63, 3.8) is 0 Å². The minimum absolute atomic E-state index is 0.106. The van der Waals surface area contributed by atoms with Gasteiger partial charge in [0, 0.05) is 24.4 Å². The van der Waals surface area contributed by atoms with E-state index in [4.69, 9.17) is 9.26 Å². The summed E-state index contributed by atoms with van der Waals surface area (Å²) in [4.78, 5) is 20.5. The van der Waals surface area contributed by atoms with Crippen LogP contribution in [-0.2, 0) is 26.0 Å². The lowest BCUT2D eigenvalue weighted by atomic mass is 10.2. The third-order valence-corrected chi connectivity index (χ3v) is 5.37. The molecule has 158 valence electrons. The molecule has 0 saturated carbocycles. The number of nitrogens with zero attached hydrogens (tertiary/aromatic N) is 4. The highest BCUT2D eigenvalue weighted by molar-refractivity contribution is 7.92. The van der Waals surface area contributed by atoms with Crippen molar-refractivity contribution in [2.75, 3.05) is 23.7 Å². The number of aromatic nitrogens is 3. The van der Waals surface area contributed by atoms with Gasteiger partial charge in [0.25, 0.3) is 0 Å². The molecule has 1 aromatic carbocycles. The summed E-state index contributed by atoms with van der Waals surface area (Å²) in [6, 6.07) is 10.6. The SMILES string of the molecule is Cc1ccccc1N(CC(=O)OCCCc1nc(-c2cccnc2)no1)S(C)(=O)=O. The Hall–Kier alpha value is -3.27. The number of esters is 1. The fourth-order valence-electron chi connectivity index (χ4n) is 2.77. The van der Waals surface area contributed by atoms with Gasteiger partial charge in [0.1, 0.15) is 6.54 Å². The van der Waals surface area contributed by atoms with E-state index in [1.54, 1.807) is 49.6 Å². The van der Waals surface area contributed by atoms with E-state index >= 15 is 0 Å². The van der Waals surface area contributed by atoms with Crippen LogP contribution >= 0.6 is 0 Å². The molecular weight excluding hydrogens is 408 g/mol. The second-order valence-corrected chi connectivity index (χ2v) is 8.54. The van der Waals surface area contributed by atoms with Gasteiger partial charge in [-0.05, 0) is 37.1 Å². The number of carbonyl (C=O) groups is 1. The van der Waals surface area contributed by atoms with Gasteiger partial charge in [-0.3, -0.25) is 14.1 Å². The summed E-state index contributed by atoms with van der Waals surface area (Å²) in [5.74, 6) is 0.227. The quantitative estimate of drug-likeness (QED) is 0.375. The molecule has 0 spiro atoms. The van der Waals surface area contributed by atoms with E-state index < -0.39 is 22.5 Å². The summed E-state index contributed by atoms with van der Waals surface area (Å²) in [6.45, 7) is 1.49. The van der Waals surface area contributed by atoms with Crippen LogP contribution in [0.25, 0.3) is 11.4 Å². The van der Waals surface area contributed by atoms with Crippen LogP contribution in [-0.4, -0.2) is 48.9 Å². The second kappa shape index (κ2) is 9.49. The largest absolute Gasteiger partial charge is 0.464 e. The first-order valence-corrected chi connectivity index (χ1v) is 11.1. The van der Waals surface area contributed by atoms with Gasteiger partial charge in [0.2, 0.25) is 21.7 Å². The maximum absolute atomic E-state index is 12.2. The van der Waals surface area contributed by atoms with Crippen LogP contribution < -0.4 is 4.31 Å². The number of rotatable bonds is 9. The summed E-state index contributed by atoms with van der Waals surface area (Å²) in [5, 5.41) is 3.90. The first-order valence-electron chi connectivity index (χ1n) is 9.26. The van der Waals surface area contributed by atoms with Crippen molar-refractivity contribution in [2.24, 2.45) is 0 Å². The van der Waals surface area contributed by atoms with Gasteiger partial charge in [-0.2, -0.15) is 4.98 Å². The van der Waals surface area contributed by atoms with Crippen LogP contribution in [0.2, 0.25) is 0 Å². The van der Waals surface area contributed by atoms with E-state index in [1.165, 1.54) is 0 Å². The average molecular weight is 430 g/mol. The first kappa shape index (κ1) is 21.4. The minimum Gasteiger partial charge on any atom is -0.464 e. The van der Waals surface area contributed by atoms with E-state index in [1.807, 2.05) is 6.07 Å². The highest BCUT2D eigenvalue weighted by Crippen LogP contribution is 2.22. The van der Waals surface area contributed by atoms with Crippen LogP contribution in [0.15, 0.2) is 53.3 Å². The fourth-order valence-corrected chi connectivity index (χ4v) is 3.67. The van der Waals surface area contributed by atoms with E-state index in [9.17, 15) is 13.2 Å². The van der Waals surface area contributed by atoms with Crippen LogP contribution in [0.5, 0.6) is 0 Å². The maximum atomic E-state index is 12.2. The third-order valence-electron chi connectivity index (χ3n) is 4.24. The van der Waals surface area contributed by atoms with Crippen LogP contribution in [0.4, 0.5) is 5.69 Å². The normalized spacial score (nSPS) is 11.3. The zero-order chi connectivity index (χ0) is 21.6. The molecule has 0 N–H and O–H groups in total. The molecule has 0 unspecified atom stereocenters. The summed E-state index contributed by atoms with van der Waals surface area (Å²) < 4.78 is 35.7. The third kappa shape index (κ3) is 5.63. The fraction of sp³-hybridized carbons (Fsp3) is 0.300. The lowest BCUT2D eigenvalue weighted by Gasteiger charge is -2.23. The number of hydrogen-bond acceptors (Lipinski definition) is 8. The van der Waals surface area contributed by atoms with Crippen LogP contribution in [0.1, 0.15) is 17.9 Å². The van der Waals surface area contributed by atoms with Crippen molar-refractivity contribution < 1.29 is 22.5 Å². The molecule has 0 atom stereocenters. The Morgan fingerprint density at radius 3 is 2.70 bits per heavy atom. The molecule has 0 bridgehead atoms. The number of pyridine rings is 1. The minimum atomic E-state index is -3.64. The maximum Gasteiger partial charge on any atom is 0.326 e. The molecule has 3 aromatic rings. The van der Waals surface area contributed by atoms with Crippen molar-refractivity contribution in [1.29, 1.82) is 0 Å². The number of hydrogen-bond donors (Lipinski definition) is 0. The number of aryl methyl sites for hydroxylation is 2. The van der Waals surface area contributed by atoms with E-state index in [0.717, 1.165) is 21.7 Å². The molecule has 30 heavy (non-hydrogen) atoms. The molecule has 0 saturated heterocycles. The second-order valence-electron chi connectivity index (χ2n) is 6.63. The predicted molar refractivity (Wildman–Crippen MR) is 110 cm³/mol. The molecule has 3 rings (SSSR count). The van der Waals surface area contributed by atoms with Crippen LogP contribution in [0.3, 0.4) is 0 Å². The lowest BCUT2D eigenvalue weighted by Crippen LogP contribution is -2.36. The van der Waals surface area contributed by atoms with Crippen molar-refractivity contribution in [1.82, 2.24) is 15.1 Å². The Morgan fingerprint density at radius 1 is 1.20 bits per heavy atom. The standard InChI is InChI=1S/C20H22N4O5S/c1-15-7-3-4-9-17(15)24(30(2,26)27)14-19(25)28-12-6-10-18-22-20(23-29-18)16-8-5-11-21-13-16/h3-5,7-9,11,13H,6,10,12,14H2,1-2H3. The van der Waals surface area contributed by atoms with Crippen molar-refractivity contribution in [2.45, 2.75) is 19.8 Å². The summed E-state index contributed by atoms with van der Waals surface area (Å²) in [5.41, 5.74) is 1.94. The Kier molecular flexibility index (Phi) is 6.78. The number of ether oxygens (including phenoxy) is 1. The molecule has 9 nitrogen and oxygen atoms in total. The van der Waals surface area contributed by atoms with Gasteiger partial charge in [-0.25, -0.2) is 8.42 Å². The van der Waals surface area contributed by atoms with E-state index in [2.05, 4.69) is 15.1 Å². The zero-order valence-electron chi connectivity index (χ0n) is 16.7. The first-order chi connectivity index (χ1) is 14.3. The molecular formula is C20H22N4O5S. The lowest BCUT2D eigenvalue weighted by molar-refractivity contribution is -0.141. The average Bonchev–Trinajstić information content (AvgIpc) is 3.19. The Balaban J connectivity index is 1.51. The summed E-state index contributed by atoms with van der Waals surface area (Å²) in [6.07, 6.45) is 5.24. The molecule has 0 fully saturated rings. The molecule has 0 aliphatic heterocycles. The Bertz CT molecular complexity index is 1100. The van der Waals surface area contributed by atoms with Gasteiger partial charge in [0.15, 0.2) is 0 Å². The molecule has 0 amide bonds. The smallest absolute Gasteiger partial charge is 0.326 e. The predicted octanol–water partition coefficient (Wildman–Crippen LogP) is 2.38. The van der Waals surface area contributed by atoms with Crippen molar-refractivity contribution >= 4 is 21.7 Å². The van der Waals surface area contributed by atoms with Crippen LogP contribution in [0, 0.1) is 6.92 Å². The Labute approximate surface area is 174 Å². The number of benzene rings is 1. The number of anilines is 1. The monoisotopic (exact) mass is 430 g/mol. The van der Waals surface area contributed by atoms with Gasteiger partial charge in [-0.1, -0.05) is 23.4 Å². The molecule has 0 aliphatic carbocycles. The highest BCUT2D eigenvalue weighted by Gasteiger charge is 2.22. The van der Waals surface area contributed by atoms with Gasteiger partial charge in [-0.15, -0.1) is 0 Å². The number of carbonyl (C=O) groups excluding carboxylic acids is 1. The molecule has 0 aliphatic rings. The van der Waals surface area contributed by atoms with Gasteiger partial charge < -0.3 is 9.26 Å². The summed E-state index contributed by atoms with van der Waals surface area (Å²) in [7, 11) is -3.64.